The van der Waals surface area contributed by atoms with Gasteiger partial charge in [0, 0.05) is 17.8 Å². The molecule has 1 aliphatic rings. The Bertz CT molecular complexity index is 984. The van der Waals surface area contributed by atoms with Crippen LogP contribution in [0.15, 0.2) is 59.1 Å². The Balaban J connectivity index is 2.03. The number of halogens is 2. The van der Waals surface area contributed by atoms with E-state index in [0.29, 0.717) is 17.1 Å². The maximum absolute atomic E-state index is 13.3. The van der Waals surface area contributed by atoms with Crippen LogP contribution in [0.1, 0.15) is 5.56 Å². The maximum Gasteiger partial charge on any atom is 0.264 e. The van der Waals surface area contributed by atoms with E-state index in [1.807, 2.05) is 18.2 Å². The molecule has 0 radical (unpaired) electrons. The third-order valence-corrected chi connectivity index (χ3v) is 5.67. The van der Waals surface area contributed by atoms with Gasteiger partial charge >= 0.3 is 0 Å². The number of nitrogens with one attached hydrogen (secondary N) is 1. The first-order valence-electron chi connectivity index (χ1n) is 8.31. The average molecular weight is 416 g/mol. The molecule has 142 valence electrons. The molecule has 2 aromatic carbocycles. The number of anilines is 1. The zero-order valence-electron chi connectivity index (χ0n) is 14.8. The lowest BCUT2D eigenvalue weighted by Crippen LogP contribution is -2.31. The number of carbonyl (C=O) groups excluding carboxylic acids is 2. The lowest BCUT2D eigenvalue weighted by Gasteiger charge is -2.18. The third kappa shape index (κ3) is 4.03. The standard InChI is InChI=1S/C20H15ClFN3O2S/c1-24-18(26)16(11-23)20-25(15-8-6-14(22)7-9-15)19(27)17(28-20)10-12-2-4-13(21)5-3-12/h2-9,17H,10H2,1H3,(H,24,26)/b20-16+/t17-/m0/s1. The molecule has 0 aliphatic carbocycles. The average Bonchev–Trinajstić information content (AvgIpc) is 3.00. The van der Waals surface area contributed by atoms with Gasteiger partial charge < -0.3 is 5.32 Å². The predicted octanol–water partition coefficient (Wildman–Crippen LogP) is 3.65. The largest absolute Gasteiger partial charge is 0.354 e. The number of nitrogens with zero attached hydrogens (tertiary/aromatic N) is 2. The molecule has 1 fully saturated rings. The number of thioether (sulfide) groups is 1. The van der Waals surface area contributed by atoms with E-state index in [-0.39, 0.29) is 16.5 Å². The molecule has 1 atom stereocenters. The van der Waals surface area contributed by atoms with Crippen LogP contribution >= 0.6 is 23.4 Å². The summed E-state index contributed by atoms with van der Waals surface area (Å²) in [5.41, 5.74) is 1.13. The van der Waals surface area contributed by atoms with E-state index in [2.05, 4.69) is 5.32 Å². The molecule has 1 N–H and O–H groups in total. The van der Waals surface area contributed by atoms with Crippen LogP contribution in [0.2, 0.25) is 5.02 Å². The molecule has 1 heterocycles. The van der Waals surface area contributed by atoms with Gasteiger partial charge in [0.1, 0.15) is 22.5 Å². The van der Waals surface area contributed by atoms with Gasteiger partial charge in [0.2, 0.25) is 5.91 Å². The minimum atomic E-state index is -0.586. The van der Waals surface area contributed by atoms with Crippen molar-refractivity contribution in [3.05, 3.63) is 75.5 Å². The predicted molar refractivity (Wildman–Crippen MR) is 107 cm³/mol. The summed E-state index contributed by atoms with van der Waals surface area (Å²) in [6, 6.07) is 14.3. The van der Waals surface area contributed by atoms with Gasteiger partial charge in [0.15, 0.2) is 0 Å². The van der Waals surface area contributed by atoms with Crippen LogP contribution in [0.4, 0.5) is 10.1 Å². The molecule has 8 heteroatoms. The number of benzene rings is 2. The molecule has 0 bridgehead atoms. The molecule has 0 aromatic heterocycles. The highest BCUT2D eigenvalue weighted by Gasteiger charge is 2.40. The molecule has 0 saturated carbocycles. The summed E-state index contributed by atoms with van der Waals surface area (Å²) < 4.78 is 13.3. The Morgan fingerprint density at radius 1 is 1.25 bits per heavy atom. The highest BCUT2D eigenvalue weighted by atomic mass is 35.5. The van der Waals surface area contributed by atoms with E-state index >= 15 is 0 Å². The molecule has 2 aromatic rings. The van der Waals surface area contributed by atoms with Gasteiger partial charge in [-0.25, -0.2) is 4.39 Å². The molecule has 5 nitrogen and oxygen atoms in total. The lowest BCUT2D eigenvalue weighted by atomic mass is 10.1. The third-order valence-electron chi connectivity index (χ3n) is 4.15. The second kappa shape index (κ2) is 8.46. The second-order valence-electron chi connectivity index (χ2n) is 5.96. The van der Waals surface area contributed by atoms with Gasteiger partial charge in [0.25, 0.3) is 5.91 Å². The van der Waals surface area contributed by atoms with Gasteiger partial charge in [0.05, 0.1) is 5.25 Å². The topological polar surface area (TPSA) is 73.2 Å². The fraction of sp³-hybridized carbons (Fsp3) is 0.150. The molecule has 0 spiro atoms. The van der Waals surface area contributed by atoms with Crippen molar-refractivity contribution >= 4 is 40.9 Å². The normalized spacial score (nSPS) is 18.0. The van der Waals surface area contributed by atoms with Gasteiger partial charge in [-0.05, 0) is 48.4 Å². The Labute approximate surface area is 170 Å². The summed E-state index contributed by atoms with van der Waals surface area (Å²) in [5.74, 6) is -1.31. The van der Waals surface area contributed by atoms with Crippen molar-refractivity contribution in [3.63, 3.8) is 0 Å². The van der Waals surface area contributed by atoms with Crippen LogP contribution in [0.3, 0.4) is 0 Å². The number of hydrogen-bond donors (Lipinski definition) is 1. The first-order valence-corrected chi connectivity index (χ1v) is 9.57. The van der Waals surface area contributed by atoms with E-state index in [4.69, 9.17) is 11.6 Å². The number of hydrogen-bond acceptors (Lipinski definition) is 4. The fourth-order valence-corrected chi connectivity index (χ4v) is 4.21. The summed E-state index contributed by atoms with van der Waals surface area (Å²) in [4.78, 5) is 26.6. The number of rotatable bonds is 4. The quantitative estimate of drug-likeness (QED) is 0.611. The summed E-state index contributed by atoms with van der Waals surface area (Å²) in [6.45, 7) is 0. The number of nitriles is 1. The highest BCUT2D eigenvalue weighted by Crippen LogP contribution is 2.41. The van der Waals surface area contributed by atoms with Crippen LogP contribution in [0.25, 0.3) is 0 Å². The maximum atomic E-state index is 13.3. The van der Waals surface area contributed by atoms with Crippen molar-refractivity contribution in [2.75, 3.05) is 11.9 Å². The Hall–Kier alpha value is -2.82. The summed E-state index contributed by atoms with van der Waals surface area (Å²) >= 11 is 7.06. The lowest BCUT2D eigenvalue weighted by molar-refractivity contribution is -0.117. The van der Waals surface area contributed by atoms with Crippen LogP contribution in [0, 0.1) is 17.1 Å². The van der Waals surface area contributed by atoms with Crippen molar-refractivity contribution in [3.8, 4) is 6.07 Å². The summed E-state index contributed by atoms with van der Waals surface area (Å²) in [7, 11) is 1.41. The monoisotopic (exact) mass is 415 g/mol. The molecule has 0 unspecified atom stereocenters. The van der Waals surface area contributed by atoms with E-state index in [9.17, 15) is 19.2 Å². The van der Waals surface area contributed by atoms with Gasteiger partial charge in [-0.3, -0.25) is 14.5 Å². The molecule has 1 aliphatic heterocycles. The van der Waals surface area contributed by atoms with Crippen LogP contribution in [-0.2, 0) is 16.0 Å². The summed E-state index contributed by atoms with van der Waals surface area (Å²) in [6.07, 6.45) is 0.397. The first-order chi connectivity index (χ1) is 13.4. The zero-order valence-corrected chi connectivity index (χ0v) is 16.4. The van der Waals surface area contributed by atoms with E-state index in [1.165, 1.54) is 36.2 Å². The van der Waals surface area contributed by atoms with Gasteiger partial charge in [-0.1, -0.05) is 35.5 Å². The smallest absolute Gasteiger partial charge is 0.264 e. The number of amides is 2. The first kappa shape index (κ1) is 19.9. The van der Waals surface area contributed by atoms with Crippen LogP contribution in [0.5, 0.6) is 0 Å². The van der Waals surface area contributed by atoms with Crippen molar-refractivity contribution in [2.24, 2.45) is 0 Å². The van der Waals surface area contributed by atoms with Crippen LogP contribution < -0.4 is 10.2 Å². The SMILES string of the molecule is CNC(=O)/C(C#N)=C1/S[C@@H](Cc2ccc(Cl)cc2)C(=O)N1c1ccc(F)cc1. The minimum absolute atomic E-state index is 0.163. The molecular formula is C20H15ClFN3O2S. The van der Waals surface area contributed by atoms with Crippen LogP contribution in [-0.4, -0.2) is 24.1 Å². The Kier molecular flexibility index (Phi) is 6.02. The molecular weight excluding hydrogens is 401 g/mol. The summed E-state index contributed by atoms with van der Waals surface area (Å²) in [5, 5.41) is 12.2. The van der Waals surface area contributed by atoms with Crippen molar-refractivity contribution < 1.29 is 14.0 Å². The van der Waals surface area contributed by atoms with Gasteiger partial charge in [-0.2, -0.15) is 5.26 Å². The number of likely N-dealkylation sites (N-methyl/N-ethyl adjacent to an activating group) is 1. The highest BCUT2D eigenvalue weighted by molar-refractivity contribution is 8.05. The molecule has 3 rings (SSSR count). The van der Waals surface area contributed by atoms with Crippen molar-refractivity contribution in [1.82, 2.24) is 5.32 Å². The van der Waals surface area contributed by atoms with E-state index in [1.54, 1.807) is 12.1 Å². The molecule has 1 saturated heterocycles. The molecule has 2 amide bonds. The van der Waals surface area contributed by atoms with Crippen molar-refractivity contribution in [2.45, 2.75) is 11.7 Å². The Morgan fingerprint density at radius 2 is 1.89 bits per heavy atom. The van der Waals surface area contributed by atoms with E-state index in [0.717, 1.165) is 17.3 Å². The van der Waals surface area contributed by atoms with E-state index < -0.39 is 17.0 Å². The van der Waals surface area contributed by atoms with Gasteiger partial charge in [-0.15, -0.1) is 0 Å². The Morgan fingerprint density at radius 3 is 2.46 bits per heavy atom. The fourth-order valence-electron chi connectivity index (χ4n) is 2.77. The minimum Gasteiger partial charge on any atom is -0.354 e. The van der Waals surface area contributed by atoms with Crippen molar-refractivity contribution in [1.29, 1.82) is 5.26 Å². The number of carbonyl (C=O) groups is 2. The second-order valence-corrected chi connectivity index (χ2v) is 7.59. The zero-order chi connectivity index (χ0) is 20.3. The molecule has 28 heavy (non-hydrogen) atoms.